The summed E-state index contributed by atoms with van der Waals surface area (Å²) in [5.74, 6) is 0.998. The van der Waals surface area contributed by atoms with Gasteiger partial charge < -0.3 is 10.0 Å². The average molecular weight is 256 g/mol. The summed E-state index contributed by atoms with van der Waals surface area (Å²) in [7, 11) is 2.18. The van der Waals surface area contributed by atoms with E-state index in [9.17, 15) is 5.11 Å². The van der Waals surface area contributed by atoms with Gasteiger partial charge in [0.25, 0.3) is 0 Å². The Bertz CT molecular complexity index is 382. The molecule has 1 heterocycles. The summed E-state index contributed by atoms with van der Waals surface area (Å²) >= 11 is 0. The highest BCUT2D eigenvalue weighted by Gasteiger charge is 2.36. The molecule has 2 nitrogen and oxygen atoms in total. The van der Waals surface area contributed by atoms with Crippen LogP contribution >= 0.6 is 12.4 Å². The van der Waals surface area contributed by atoms with E-state index in [4.69, 9.17) is 0 Å². The third-order valence-corrected chi connectivity index (χ3v) is 4.19. The van der Waals surface area contributed by atoms with E-state index in [1.54, 1.807) is 6.07 Å². The summed E-state index contributed by atoms with van der Waals surface area (Å²) in [6.07, 6.45) is 1.16. The molecule has 1 aromatic rings. The van der Waals surface area contributed by atoms with Gasteiger partial charge in [-0.25, -0.2) is 0 Å². The van der Waals surface area contributed by atoms with Crippen molar-refractivity contribution >= 4 is 12.4 Å². The standard InChI is InChI=1S/C14H21NO.ClH/c1-11-10-15(3)8-7-14(11,2)12-5-4-6-13(16)9-12;/h4-6,9,11,16H,7-8,10H2,1-3H3;1H/t11-,14-;/m1./s1. The van der Waals surface area contributed by atoms with Crippen LogP contribution in [0.2, 0.25) is 0 Å². The molecule has 0 spiro atoms. The summed E-state index contributed by atoms with van der Waals surface area (Å²) in [5.41, 5.74) is 1.47. The van der Waals surface area contributed by atoms with E-state index in [2.05, 4.69) is 31.9 Å². The third-order valence-electron chi connectivity index (χ3n) is 4.19. The van der Waals surface area contributed by atoms with E-state index in [0.29, 0.717) is 11.7 Å². The summed E-state index contributed by atoms with van der Waals surface area (Å²) in [6.45, 7) is 6.89. The zero-order chi connectivity index (χ0) is 11.8. The van der Waals surface area contributed by atoms with Crippen LogP contribution in [0, 0.1) is 5.92 Å². The molecule has 0 radical (unpaired) electrons. The minimum atomic E-state index is 0. The number of piperidine rings is 1. The van der Waals surface area contributed by atoms with Crippen molar-refractivity contribution in [1.29, 1.82) is 0 Å². The molecule has 0 aromatic heterocycles. The summed E-state index contributed by atoms with van der Waals surface area (Å²) in [5, 5.41) is 9.59. The first-order chi connectivity index (χ1) is 7.52. The maximum absolute atomic E-state index is 9.59. The Morgan fingerprint density at radius 2 is 2.12 bits per heavy atom. The van der Waals surface area contributed by atoms with Crippen LogP contribution in [0.1, 0.15) is 25.8 Å². The van der Waals surface area contributed by atoms with E-state index in [1.165, 1.54) is 5.56 Å². The van der Waals surface area contributed by atoms with Gasteiger partial charge >= 0.3 is 0 Å². The first-order valence-electron chi connectivity index (χ1n) is 6.00. The molecule has 0 amide bonds. The highest BCUT2D eigenvalue weighted by molar-refractivity contribution is 5.85. The number of hydrogen-bond acceptors (Lipinski definition) is 2. The van der Waals surface area contributed by atoms with E-state index >= 15 is 0 Å². The maximum atomic E-state index is 9.59. The van der Waals surface area contributed by atoms with Crippen molar-refractivity contribution in [2.24, 2.45) is 5.92 Å². The van der Waals surface area contributed by atoms with Gasteiger partial charge in [-0.2, -0.15) is 0 Å². The van der Waals surface area contributed by atoms with Crippen LogP contribution in [0.3, 0.4) is 0 Å². The molecule has 1 fully saturated rings. The highest BCUT2D eigenvalue weighted by Crippen LogP contribution is 2.39. The predicted octanol–water partition coefficient (Wildman–Crippen LogP) is 3.04. The van der Waals surface area contributed by atoms with Gasteiger partial charge in [-0.3, -0.25) is 0 Å². The number of benzene rings is 1. The van der Waals surface area contributed by atoms with Crippen molar-refractivity contribution in [2.75, 3.05) is 20.1 Å². The average Bonchev–Trinajstić information content (AvgIpc) is 2.24. The number of hydrogen-bond donors (Lipinski definition) is 1. The van der Waals surface area contributed by atoms with Gasteiger partial charge in [-0.1, -0.05) is 26.0 Å². The van der Waals surface area contributed by atoms with Crippen LogP contribution in [-0.4, -0.2) is 30.1 Å². The molecule has 0 aliphatic carbocycles. The van der Waals surface area contributed by atoms with Gasteiger partial charge in [0, 0.05) is 6.54 Å². The molecule has 96 valence electrons. The topological polar surface area (TPSA) is 23.5 Å². The SMILES string of the molecule is C[C@@H]1CN(C)CC[C@@]1(C)c1cccc(O)c1.Cl. The van der Waals surface area contributed by atoms with Gasteiger partial charge in [0.1, 0.15) is 5.75 Å². The van der Waals surface area contributed by atoms with Crippen molar-refractivity contribution < 1.29 is 5.11 Å². The van der Waals surface area contributed by atoms with Crippen LogP contribution in [-0.2, 0) is 5.41 Å². The fourth-order valence-corrected chi connectivity index (χ4v) is 2.72. The third kappa shape index (κ3) is 2.75. The van der Waals surface area contributed by atoms with Crippen LogP contribution in [0.4, 0.5) is 0 Å². The molecule has 1 saturated heterocycles. The van der Waals surface area contributed by atoms with Gasteiger partial charge in [0.15, 0.2) is 0 Å². The lowest BCUT2D eigenvalue weighted by molar-refractivity contribution is 0.133. The van der Waals surface area contributed by atoms with Gasteiger partial charge in [-0.15, -0.1) is 12.4 Å². The fraction of sp³-hybridized carbons (Fsp3) is 0.571. The molecule has 3 heteroatoms. The summed E-state index contributed by atoms with van der Waals surface area (Å²) < 4.78 is 0. The molecule has 2 rings (SSSR count). The Morgan fingerprint density at radius 1 is 1.41 bits per heavy atom. The van der Waals surface area contributed by atoms with Crippen LogP contribution in [0.25, 0.3) is 0 Å². The maximum Gasteiger partial charge on any atom is 0.115 e. The second-order valence-electron chi connectivity index (χ2n) is 5.38. The molecule has 2 atom stereocenters. The normalized spacial score (nSPS) is 29.7. The van der Waals surface area contributed by atoms with Crippen molar-refractivity contribution in [3.63, 3.8) is 0 Å². The van der Waals surface area contributed by atoms with Gasteiger partial charge in [0.05, 0.1) is 0 Å². The molecule has 0 unspecified atom stereocenters. The molecular formula is C14H22ClNO. The van der Waals surface area contributed by atoms with E-state index < -0.39 is 0 Å². The minimum Gasteiger partial charge on any atom is -0.508 e. The lowest BCUT2D eigenvalue weighted by Gasteiger charge is -2.44. The van der Waals surface area contributed by atoms with Crippen molar-refractivity contribution in [3.05, 3.63) is 29.8 Å². The van der Waals surface area contributed by atoms with Gasteiger partial charge in [-0.05, 0) is 49.0 Å². The zero-order valence-corrected chi connectivity index (χ0v) is 11.6. The lowest BCUT2D eigenvalue weighted by Crippen LogP contribution is -2.45. The number of phenolic OH excluding ortho intramolecular Hbond substituents is 1. The number of likely N-dealkylation sites (tertiary alicyclic amines) is 1. The number of phenols is 1. The number of aromatic hydroxyl groups is 1. The first-order valence-corrected chi connectivity index (χ1v) is 6.00. The van der Waals surface area contributed by atoms with E-state index in [-0.39, 0.29) is 17.8 Å². The second kappa shape index (κ2) is 5.28. The van der Waals surface area contributed by atoms with Crippen molar-refractivity contribution in [1.82, 2.24) is 4.90 Å². The van der Waals surface area contributed by atoms with E-state index in [1.807, 2.05) is 12.1 Å². The number of nitrogens with zero attached hydrogens (tertiary/aromatic N) is 1. The van der Waals surface area contributed by atoms with E-state index in [0.717, 1.165) is 19.5 Å². The Labute approximate surface area is 110 Å². The minimum absolute atomic E-state index is 0. The van der Waals surface area contributed by atoms with Gasteiger partial charge in [0.2, 0.25) is 0 Å². The Morgan fingerprint density at radius 3 is 2.71 bits per heavy atom. The largest absolute Gasteiger partial charge is 0.508 e. The molecule has 0 saturated carbocycles. The first kappa shape index (κ1) is 14.3. The second-order valence-corrected chi connectivity index (χ2v) is 5.38. The molecule has 1 aliphatic rings. The van der Waals surface area contributed by atoms with Crippen LogP contribution in [0.15, 0.2) is 24.3 Å². The molecular weight excluding hydrogens is 234 g/mol. The Kier molecular flexibility index (Phi) is 4.45. The molecule has 1 aromatic carbocycles. The van der Waals surface area contributed by atoms with Crippen molar-refractivity contribution in [3.8, 4) is 5.75 Å². The highest BCUT2D eigenvalue weighted by atomic mass is 35.5. The molecule has 17 heavy (non-hydrogen) atoms. The fourth-order valence-electron chi connectivity index (χ4n) is 2.72. The monoisotopic (exact) mass is 255 g/mol. The molecule has 1 N–H and O–H groups in total. The molecule has 1 aliphatic heterocycles. The predicted molar refractivity (Wildman–Crippen MR) is 74.0 cm³/mol. The number of rotatable bonds is 1. The quantitative estimate of drug-likeness (QED) is 0.834. The zero-order valence-electron chi connectivity index (χ0n) is 10.8. The molecule has 0 bridgehead atoms. The smallest absolute Gasteiger partial charge is 0.115 e. The Hall–Kier alpha value is -0.730. The summed E-state index contributed by atoms with van der Waals surface area (Å²) in [6, 6.07) is 7.75. The van der Waals surface area contributed by atoms with Crippen LogP contribution < -0.4 is 0 Å². The number of halogens is 1. The van der Waals surface area contributed by atoms with Crippen LogP contribution in [0.5, 0.6) is 5.75 Å². The Balaban J connectivity index is 0.00000144. The summed E-state index contributed by atoms with van der Waals surface area (Å²) in [4.78, 5) is 2.38. The lowest BCUT2D eigenvalue weighted by atomic mass is 9.68. The van der Waals surface area contributed by atoms with Crippen molar-refractivity contribution in [2.45, 2.75) is 25.7 Å².